The van der Waals surface area contributed by atoms with Gasteiger partial charge in [0.15, 0.2) is 0 Å². The third-order valence-electron chi connectivity index (χ3n) is 3.48. The number of aromatic nitrogens is 1. The number of benzene rings is 1. The number of ether oxygens (including phenoxy) is 1. The predicted octanol–water partition coefficient (Wildman–Crippen LogP) is 2.96. The number of hydrogen-bond acceptors (Lipinski definition) is 4. The Morgan fingerprint density at radius 3 is 2.74 bits per heavy atom. The smallest absolute Gasteiger partial charge is 0.274 e. The SMILES string of the molecule is O=C(Nc1cc(F)cc(N2CCOCC2)c1)c1ccc(Cl)cn1. The highest BCUT2D eigenvalue weighted by Gasteiger charge is 2.14. The summed E-state index contributed by atoms with van der Waals surface area (Å²) >= 11 is 5.74. The number of carbonyl (C=O) groups excluding carboxylic acids is 1. The molecule has 0 atom stereocenters. The highest BCUT2D eigenvalue weighted by Crippen LogP contribution is 2.23. The molecule has 1 fully saturated rings. The van der Waals surface area contributed by atoms with Crippen LogP contribution in [0.5, 0.6) is 0 Å². The lowest BCUT2D eigenvalue weighted by molar-refractivity contribution is 0.102. The normalized spacial score (nSPS) is 14.6. The standard InChI is InChI=1S/C16H15ClFN3O2/c17-11-1-2-15(19-10-11)16(22)20-13-7-12(18)8-14(9-13)21-3-5-23-6-4-21/h1-2,7-10H,3-6H2,(H,20,22). The maximum absolute atomic E-state index is 13.8. The Kier molecular flexibility index (Phi) is 4.73. The molecule has 1 aromatic heterocycles. The lowest BCUT2D eigenvalue weighted by Crippen LogP contribution is -2.36. The third kappa shape index (κ3) is 3.97. The predicted molar refractivity (Wildman–Crippen MR) is 86.6 cm³/mol. The molecule has 5 nitrogen and oxygen atoms in total. The quantitative estimate of drug-likeness (QED) is 0.937. The lowest BCUT2D eigenvalue weighted by Gasteiger charge is -2.29. The minimum atomic E-state index is -0.416. The van der Waals surface area contributed by atoms with Crippen molar-refractivity contribution in [1.29, 1.82) is 0 Å². The molecule has 23 heavy (non-hydrogen) atoms. The van der Waals surface area contributed by atoms with Crippen molar-refractivity contribution in [3.05, 3.63) is 53.1 Å². The number of halogens is 2. The molecule has 1 amide bonds. The van der Waals surface area contributed by atoms with Crippen LogP contribution in [0.3, 0.4) is 0 Å². The molecule has 2 aromatic rings. The van der Waals surface area contributed by atoms with Crippen LogP contribution in [0.4, 0.5) is 15.8 Å². The minimum absolute atomic E-state index is 0.214. The van der Waals surface area contributed by atoms with E-state index in [1.54, 1.807) is 12.1 Å². The molecule has 0 bridgehead atoms. The molecule has 1 N–H and O–H groups in total. The van der Waals surface area contributed by atoms with Crippen LogP contribution in [-0.2, 0) is 4.74 Å². The van der Waals surface area contributed by atoms with Gasteiger partial charge in [0.2, 0.25) is 0 Å². The number of anilines is 2. The van der Waals surface area contributed by atoms with Gasteiger partial charge in [0.1, 0.15) is 11.5 Å². The minimum Gasteiger partial charge on any atom is -0.378 e. The van der Waals surface area contributed by atoms with Crippen LogP contribution in [0, 0.1) is 5.82 Å². The Morgan fingerprint density at radius 1 is 1.26 bits per heavy atom. The van der Waals surface area contributed by atoms with Gasteiger partial charge in [-0.25, -0.2) is 9.37 Å². The van der Waals surface area contributed by atoms with E-state index in [-0.39, 0.29) is 5.69 Å². The summed E-state index contributed by atoms with van der Waals surface area (Å²) in [4.78, 5) is 18.1. The topological polar surface area (TPSA) is 54.5 Å². The average molecular weight is 336 g/mol. The van der Waals surface area contributed by atoms with Crippen LogP contribution in [0.1, 0.15) is 10.5 Å². The van der Waals surface area contributed by atoms with Gasteiger partial charge in [-0.3, -0.25) is 4.79 Å². The van der Waals surface area contributed by atoms with Crippen LogP contribution in [-0.4, -0.2) is 37.2 Å². The highest BCUT2D eigenvalue weighted by molar-refractivity contribution is 6.30. The number of pyridine rings is 1. The molecule has 0 saturated carbocycles. The molecule has 0 spiro atoms. The molecule has 0 unspecified atom stereocenters. The molecule has 0 aliphatic carbocycles. The monoisotopic (exact) mass is 335 g/mol. The van der Waals surface area contributed by atoms with Crippen LogP contribution < -0.4 is 10.2 Å². The molecule has 0 radical (unpaired) electrons. The summed E-state index contributed by atoms with van der Waals surface area (Å²) in [6.07, 6.45) is 1.39. The first kappa shape index (κ1) is 15.7. The second kappa shape index (κ2) is 6.93. The van der Waals surface area contributed by atoms with Gasteiger partial charge in [-0.05, 0) is 30.3 Å². The van der Waals surface area contributed by atoms with E-state index in [9.17, 15) is 9.18 Å². The van der Waals surface area contributed by atoms with Gasteiger partial charge >= 0.3 is 0 Å². The third-order valence-corrected chi connectivity index (χ3v) is 3.70. The van der Waals surface area contributed by atoms with E-state index in [0.717, 1.165) is 0 Å². The zero-order valence-corrected chi connectivity index (χ0v) is 13.0. The van der Waals surface area contributed by atoms with Crippen LogP contribution in [0.2, 0.25) is 5.02 Å². The van der Waals surface area contributed by atoms with E-state index in [1.165, 1.54) is 24.4 Å². The van der Waals surface area contributed by atoms with Gasteiger partial charge in [0.25, 0.3) is 5.91 Å². The number of morpholine rings is 1. The largest absolute Gasteiger partial charge is 0.378 e. The molecule has 1 aromatic carbocycles. The number of rotatable bonds is 3. The molecule has 3 rings (SSSR count). The van der Waals surface area contributed by atoms with Crippen molar-refractivity contribution in [2.75, 3.05) is 36.5 Å². The van der Waals surface area contributed by atoms with Gasteiger partial charge in [-0.1, -0.05) is 11.6 Å². The summed E-state index contributed by atoms with van der Waals surface area (Å²) in [7, 11) is 0. The fraction of sp³-hybridized carbons (Fsp3) is 0.250. The van der Waals surface area contributed by atoms with E-state index in [2.05, 4.69) is 10.3 Å². The zero-order chi connectivity index (χ0) is 16.2. The number of carbonyl (C=O) groups is 1. The second-order valence-electron chi connectivity index (χ2n) is 5.11. The lowest BCUT2D eigenvalue weighted by atomic mass is 10.2. The maximum atomic E-state index is 13.8. The summed E-state index contributed by atoms with van der Waals surface area (Å²) in [6.45, 7) is 2.59. The zero-order valence-electron chi connectivity index (χ0n) is 12.3. The first-order valence-corrected chi connectivity index (χ1v) is 7.56. The molecule has 1 saturated heterocycles. The van der Waals surface area contributed by atoms with E-state index in [4.69, 9.17) is 16.3 Å². The molecular formula is C16H15ClFN3O2. The van der Waals surface area contributed by atoms with Gasteiger partial charge in [-0.15, -0.1) is 0 Å². The van der Waals surface area contributed by atoms with Crippen molar-refractivity contribution >= 4 is 28.9 Å². The Bertz CT molecular complexity index is 703. The van der Waals surface area contributed by atoms with Gasteiger partial charge in [-0.2, -0.15) is 0 Å². The molecule has 7 heteroatoms. The van der Waals surface area contributed by atoms with Gasteiger partial charge in [0.05, 0.1) is 18.2 Å². The summed E-state index contributed by atoms with van der Waals surface area (Å²) in [6, 6.07) is 7.55. The Balaban J connectivity index is 1.78. The molecular weight excluding hydrogens is 321 g/mol. The Hall–Kier alpha value is -2.18. The molecule has 1 aliphatic heterocycles. The number of nitrogens with one attached hydrogen (secondary N) is 1. The summed E-state index contributed by atoms with van der Waals surface area (Å²) in [5, 5.41) is 3.10. The first-order chi connectivity index (χ1) is 11.1. The van der Waals surface area contributed by atoms with E-state index in [0.29, 0.717) is 42.7 Å². The van der Waals surface area contributed by atoms with Crippen molar-refractivity contribution < 1.29 is 13.9 Å². The Labute approximate surface area is 138 Å². The first-order valence-electron chi connectivity index (χ1n) is 7.18. The molecule has 120 valence electrons. The van der Waals surface area contributed by atoms with Crippen LogP contribution in [0.25, 0.3) is 0 Å². The molecule has 1 aliphatic rings. The fourth-order valence-corrected chi connectivity index (χ4v) is 2.47. The second-order valence-corrected chi connectivity index (χ2v) is 5.55. The van der Waals surface area contributed by atoms with Crippen molar-refractivity contribution in [3.8, 4) is 0 Å². The van der Waals surface area contributed by atoms with Crippen molar-refractivity contribution in [3.63, 3.8) is 0 Å². The Morgan fingerprint density at radius 2 is 2.04 bits per heavy atom. The number of nitrogens with zero attached hydrogens (tertiary/aromatic N) is 2. The van der Waals surface area contributed by atoms with E-state index in [1.807, 2.05) is 4.90 Å². The van der Waals surface area contributed by atoms with Crippen molar-refractivity contribution in [2.24, 2.45) is 0 Å². The van der Waals surface area contributed by atoms with Gasteiger partial charge < -0.3 is 15.0 Å². The fourth-order valence-electron chi connectivity index (χ4n) is 2.36. The maximum Gasteiger partial charge on any atom is 0.274 e. The van der Waals surface area contributed by atoms with Crippen LogP contribution >= 0.6 is 11.6 Å². The average Bonchev–Trinajstić information content (AvgIpc) is 2.55. The highest BCUT2D eigenvalue weighted by atomic mass is 35.5. The van der Waals surface area contributed by atoms with Gasteiger partial charge in [0, 0.05) is 30.7 Å². The van der Waals surface area contributed by atoms with Crippen LogP contribution in [0.15, 0.2) is 36.5 Å². The summed E-state index contributed by atoms with van der Waals surface area (Å²) < 4.78 is 19.1. The van der Waals surface area contributed by atoms with Crippen molar-refractivity contribution in [2.45, 2.75) is 0 Å². The molecule has 2 heterocycles. The summed E-state index contributed by atoms with van der Waals surface area (Å²) in [5.74, 6) is -0.825. The van der Waals surface area contributed by atoms with E-state index < -0.39 is 11.7 Å². The number of hydrogen-bond donors (Lipinski definition) is 1. The number of amides is 1. The van der Waals surface area contributed by atoms with Crippen molar-refractivity contribution in [1.82, 2.24) is 4.98 Å². The van der Waals surface area contributed by atoms with E-state index >= 15 is 0 Å². The summed E-state index contributed by atoms with van der Waals surface area (Å²) in [5.41, 5.74) is 1.31.